The molecule has 0 aliphatic heterocycles. The minimum atomic E-state index is 0.637. The molecule has 1 heterocycles. The molecule has 3 aromatic rings. The number of nitrogens with one attached hydrogen (secondary N) is 1. The van der Waals surface area contributed by atoms with Crippen molar-refractivity contribution in [2.75, 3.05) is 5.32 Å². The second-order valence-electron chi connectivity index (χ2n) is 4.73. The van der Waals surface area contributed by atoms with E-state index in [-0.39, 0.29) is 0 Å². The van der Waals surface area contributed by atoms with Crippen LogP contribution < -0.4 is 5.32 Å². The average Bonchev–Trinajstić information content (AvgIpc) is 2.76. The van der Waals surface area contributed by atoms with Crippen LogP contribution >= 0.6 is 23.2 Å². The van der Waals surface area contributed by atoms with Gasteiger partial charge >= 0.3 is 0 Å². The molecule has 0 aliphatic rings. The van der Waals surface area contributed by atoms with E-state index in [0.717, 1.165) is 5.69 Å². The highest BCUT2D eigenvalue weighted by Crippen LogP contribution is 2.31. The molecule has 0 radical (unpaired) electrons. The van der Waals surface area contributed by atoms with Gasteiger partial charge in [0.15, 0.2) is 0 Å². The number of para-hydroxylation sites is 2. The Labute approximate surface area is 127 Å². The van der Waals surface area contributed by atoms with Gasteiger partial charge in [-0.15, -0.1) is 0 Å². The van der Waals surface area contributed by atoms with E-state index >= 15 is 0 Å². The van der Waals surface area contributed by atoms with E-state index in [9.17, 15) is 0 Å². The maximum atomic E-state index is 6.17. The predicted octanol–water partition coefficient (Wildman–Crippen LogP) is 5.10. The lowest BCUT2D eigenvalue weighted by atomic mass is 10.2. The molecule has 0 spiro atoms. The zero-order chi connectivity index (χ0) is 14.1. The summed E-state index contributed by atoms with van der Waals surface area (Å²) in [6, 6.07) is 13.8. The second kappa shape index (κ2) is 5.39. The molecule has 3 rings (SSSR count). The Morgan fingerprint density at radius 1 is 1.00 bits per heavy atom. The average molecular weight is 305 g/mol. The molecular weight excluding hydrogens is 291 g/mol. The predicted molar refractivity (Wildman–Crippen MR) is 86.7 cm³/mol. The third-order valence-electron chi connectivity index (χ3n) is 3.40. The Balaban J connectivity index is 1.91. The fourth-order valence-corrected chi connectivity index (χ4v) is 2.95. The summed E-state index contributed by atoms with van der Waals surface area (Å²) >= 11 is 12.3. The maximum absolute atomic E-state index is 6.17. The number of halogens is 2. The van der Waals surface area contributed by atoms with Crippen LogP contribution in [0.5, 0.6) is 0 Å². The summed E-state index contributed by atoms with van der Waals surface area (Å²) in [5, 5.41) is 5.84. The van der Waals surface area contributed by atoms with Crippen molar-refractivity contribution in [2.24, 2.45) is 7.05 Å². The van der Waals surface area contributed by atoms with Gasteiger partial charge in [0.05, 0.1) is 15.7 Å². The quantitative estimate of drug-likeness (QED) is 0.712. The molecule has 0 bridgehead atoms. The molecule has 0 atom stereocenters. The van der Waals surface area contributed by atoms with E-state index in [0.29, 0.717) is 16.6 Å². The van der Waals surface area contributed by atoms with Crippen LogP contribution in [0.3, 0.4) is 0 Å². The fourth-order valence-electron chi connectivity index (χ4n) is 2.42. The number of hydrogen-bond donors (Lipinski definition) is 1. The number of nitrogens with zero attached hydrogens (tertiary/aromatic N) is 1. The number of rotatable bonds is 3. The van der Waals surface area contributed by atoms with Crippen LogP contribution in [0, 0.1) is 0 Å². The van der Waals surface area contributed by atoms with Crippen LogP contribution in [0.2, 0.25) is 10.0 Å². The van der Waals surface area contributed by atoms with Crippen molar-refractivity contribution in [1.82, 2.24) is 4.57 Å². The standard InChI is InChI=1S/C16H14Cl2N2/c1-20-10-11(12-5-2-3-8-15(12)20)9-19-16-13(17)6-4-7-14(16)18/h2-8,10,19H,9H2,1H3. The number of anilines is 1. The highest BCUT2D eigenvalue weighted by Gasteiger charge is 2.08. The first kappa shape index (κ1) is 13.3. The van der Waals surface area contributed by atoms with Gasteiger partial charge in [-0.25, -0.2) is 0 Å². The van der Waals surface area contributed by atoms with Crippen LogP contribution in [0.15, 0.2) is 48.7 Å². The molecule has 102 valence electrons. The van der Waals surface area contributed by atoms with Crippen molar-refractivity contribution in [3.63, 3.8) is 0 Å². The van der Waals surface area contributed by atoms with Gasteiger partial charge in [0.1, 0.15) is 0 Å². The molecule has 0 saturated heterocycles. The summed E-state index contributed by atoms with van der Waals surface area (Å²) in [5.41, 5.74) is 3.22. The summed E-state index contributed by atoms with van der Waals surface area (Å²) in [6.45, 7) is 0.685. The zero-order valence-corrected chi connectivity index (χ0v) is 12.5. The van der Waals surface area contributed by atoms with Gasteiger partial charge in [0.25, 0.3) is 0 Å². The van der Waals surface area contributed by atoms with Crippen molar-refractivity contribution in [3.05, 3.63) is 64.3 Å². The van der Waals surface area contributed by atoms with E-state index < -0.39 is 0 Å². The first-order chi connectivity index (χ1) is 9.66. The minimum absolute atomic E-state index is 0.637. The molecule has 0 fully saturated rings. The number of hydrogen-bond acceptors (Lipinski definition) is 1. The zero-order valence-electron chi connectivity index (χ0n) is 11.0. The van der Waals surface area contributed by atoms with Crippen LogP contribution in [-0.4, -0.2) is 4.57 Å². The highest BCUT2D eigenvalue weighted by atomic mass is 35.5. The SMILES string of the molecule is Cn1cc(CNc2c(Cl)cccc2Cl)c2ccccc21. The minimum Gasteiger partial charge on any atom is -0.378 e. The summed E-state index contributed by atoms with van der Waals surface area (Å²) in [6.07, 6.45) is 2.13. The fraction of sp³-hybridized carbons (Fsp3) is 0.125. The first-order valence-electron chi connectivity index (χ1n) is 6.37. The summed E-state index contributed by atoms with van der Waals surface area (Å²) in [7, 11) is 2.05. The Morgan fingerprint density at radius 2 is 1.70 bits per heavy atom. The first-order valence-corrected chi connectivity index (χ1v) is 7.13. The van der Waals surface area contributed by atoms with Gasteiger partial charge in [-0.1, -0.05) is 47.5 Å². The molecule has 20 heavy (non-hydrogen) atoms. The number of fused-ring (bicyclic) bond motifs is 1. The molecule has 1 aromatic heterocycles. The normalized spacial score (nSPS) is 10.9. The van der Waals surface area contributed by atoms with Gasteiger partial charge in [-0.05, 0) is 23.8 Å². The lowest BCUT2D eigenvalue weighted by Gasteiger charge is -2.09. The molecular formula is C16H14Cl2N2. The second-order valence-corrected chi connectivity index (χ2v) is 5.55. The summed E-state index contributed by atoms with van der Waals surface area (Å²) in [4.78, 5) is 0. The van der Waals surface area contributed by atoms with E-state index in [1.54, 1.807) is 0 Å². The Hall–Kier alpha value is -1.64. The third-order valence-corrected chi connectivity index (χ3v) is 4.03. The van der Waals surface area contributed by atoms with Crippen LogP contribution in [0.1, 0.15) is 5.56 Å². The Morgan fingerprint density at radius 3 is 2.45 bits per heavy atom. The Bertz CT molecular complexity index is 742. The van der Waals surface area contributed by atoms with E-state index in [2.05, 4.69) is 28.2 Å². The van der Waals surface area contributed by atoms with Gasteiger partial charge in [0, 0.05) is 30.7 Å². The maximum Gasteiger partial charge on any atom is 0.0721 e. The van der Waals surface area contributed by atoms with Gasteiger partial charge in [0.2, 0.25) is 0 Å². The lowest BCUT2D eigenvalue weighted by molar-refractivity contribution is 0.956. The van der Waals surface area contributed by atoms with E-state index in [4.69, 9.17) is 23.2 Å². The largest absolute Gasteiger partial charge is 0.378 e. The molecule has 0 saturated carbocycles. The van der Waals surface area contributed by atoms with E-state index in [1.807, 2.05) is 37.4 Å². The van der Waals surface area contributed by atoms with Crippen LogP contribution in [0.25, 0.3) is 10.9 Å². The molecule has 2 aromatic carbocycles. The van der Waals surface area contributed by atoms with Crippen molar-refractivity contribution >= 4 is 39.8 Å². The smallest absolute Gasteiger partial charge is 0.0721 e. The number of aromatic nitrogens is 1. The summed E-state index contributed by atoms with van der Waals surface area (Å²) < 4.78 is 2.13. The van der Waals surface area contributed by atoms with Gasteiger partial charge in [-0.3, -0.25) is 0 Å². The molecule has 0 amide bonds. The third kappa shape index (κ3) is 2.37. The Kier molecular flexibility index (Phi) is 3.60. The molecule has 1 N–H and O–H groups in total. The number of aryl methyl sites for hydroxylation is 1. The topological polar surface area (TPSA) is 17.0 Å². The van der Waals surface area contributed by atoms with Crippen molar-refractivity contribution in [2.45, 2.75) is 6.54 Å². The molecule has 2 nitrogen and oxygen atoms in total. The molecule has 0 aliphatic carbocycles. The number of benzene rings is 2. The van der Waals surface area contributed by atoms with Crippen molar-refractivity contribution < 1.29 is 0 Å². The van der Waals surface area contributed by atoms with Crippen molar-refractivity contribution in [3.8, 4) is 0 Å². The molecule has 0 unspecified atom stereocenters. The van der Waals surface area contributed by atoms with Crippen LogP contribution in [-0.2, 0) is 13.6 Å². The van der Waals surface area contributed by atoms with E-state index in [1.165, 1.54) is 16.5 Å². The highest BCUT2D eigenvalue weighted by molar-refractivity contribution is 6.39. The van der Waals surface area contributed by atoms with Crippen molar-refractivity contribution in [1.29, 1.82) is 0 Å². The molecule has 4 heteroatoms. The lowest BCUT2D eigenvalue weighted by Crippen LogP contribution is -2.00. The summed E-state index contributed by atoms with van der Waals surface area (Å²) in [5.74, 6) is 0. The van der Waals surface area contributed by atoms with Crippen LogP contribution in [0.4, 0.5) is 5.69 Å². The van der Waals surface area contributed by atoms with Gasteiger partial charge in [-0.2, -0.15) is 0 Å². The monoisotopic (exact) mass is 304 g/mol. The van der Waals surface area contributed by atoms with Gasteiger partial charge < -0.3 is 9.88 Å².